The number of amides is 1. The highest BCUT2D eigenvalue weighted by molar-refractivity contribution is 7.99. The number of nitrogens with one attached hydrogen (secondary N) is 1. The molecule has 0 spiro atoms. The molecule has 1 aliphatic carbocycles. The van der Waals surface area contributed by atoms with Crippen LogP contribution < -0.4 is 11.1 Å². The molecule has 0 saturated heterocycles. The smallest absolute Gasteiger partial charge is 0.237 e. The zero-order valence-electron chi connectivity index (χ0n) is 12.7. The molecule has 19 heavy (non-hydrogen) atoms. The van der Waals surface area contributed by atoms with E-state index in [1.165, 1.54) is 32.1 Å². The lowest BCUT2D eigenvalue weighted by Gasteiger charge is -2.30. The van der Waals surface area contributed by atoms with Crippen LogP contribution in [0.25, 0.3) is 0 Å². The third kappa shape index (κ3) is 6.17. The van der Waals surface area contributed by atoms with E-state index in [1.54, 1.807) is 0 Å². The quantitative estimate of drug-likeness (QED) is 0.674. The molecule has 0 radical (unpaired) electrons. The molecule has 0 aliphatic heterocycles. The standard InChI is InChI=1S/C15H30N2OS/c1-12(2)17-15(3,14(16)18)10-7-11-19-13-8-5-4-6-9-13/h12-13,17H,4-11H2,1-3H3,(H2,16,18). The Balaban J connectivity index is 2.26. The van der Waals surface area contributed by atoms with Crippen molar-refractivity contribution in [1.82, 2.24) is 5.32 Å². The number of carbonyl (C=O) groups excluding carboxylic acids is 1. The molecule has 0 aromatic rings. The van der Waals surface area contributed by atoms with Gasteiger partial charge in [0.2, 0.25) is 5.91 Å². The molecule has 0 aromatic carbocycles. The number of thioether (sulfide) groups is 1. The summed E-state index contributed by atoms with van der Waals surface area (Å²) in [6.45, 7) is 6.04. The number of hydrogen-bond donors (Lipinski definition) is 2. The Morgan fingerprint density at radius 2 is 2.00 bits per heavy atom. The summed E-state index contributed by atoms with van der Waals surface area (Å²) in [5, 5.41) is 4.16. The van der Waals surface area contributed by atoms with Crippen molar-refractivity contribution >= 4 is 17.7 Å². The lowest BCUT2D eigenvalue weighted by Crippen LogP contribution is -2.55. The molecular formula is C15H30N2OS. The first-order chi connectivity index (χ1) is 8.94. The third-order valence-electron chi connectivity index (χ3n) is 3.88. The van der Waals surface area contributed by atoms with Crippen molar-refractivity contribution in [3.63, 3.8) is 0 Å². The van der Waals surface area contributed by atoms with Crippen LogP contribution in [0.15, 0.2) is 0 Å². The van der Waals surface area contributed by atoms with Gasteiger partial charge in [-0.25, -0.2) is 0 Å². The molecule has 112 valence electrons. The van der Waals surface area contributed by atoms with Gasteiger partial charge < -0.3 is 11.1 Å². The van der Waals surface area contributed by atoms with Gasteiger partial charge in [-0.1, -0.05) is 19.3 Å². The van der Waals surface area contributed by atoms with Gasteiger partial charge in [-0.2, -0.15) is 11.8 Å². The van der Waals surface area contributed by atoms with Crippen molar-refractivity contribution in [3.8, 4) is 0 Å². The Morgan fingerprint density at radius 1 is 1.37 bits per heavy atom. The minimum Gasteiger partial charge on any atom is -0.368 e. The maximum atomic E-state index is 11.6. The van der Waals surface area contributed by atoms with Gasteiger partial charge in [-0.3, -0.25) is 4.79 Å². The third-order valence-corrected chi connectivity index (χ3v) is 5.35. The highest BCUT2D eigenvalue weighted by atomic mass is 32.2. The van der Waals surface area contributed by atoms with Crippen LogP contribution in [0.3, 0.4) is 0 Å². The molecule has 1 rings (SSSR count). The molecule has 4 heteroatoms. The van der Waals surface area contributed by atoms with E-state index in [0.717, 1.165) is 23.8 Å². The fraction of sp³-hybridized carbons (Fsp3) is 0.933. The number of hydrogen-bond acceptors (Lipinski definition) is 3. The second-order valence-corrected chi connectivity index (χ2v) is 7.64. The molecule has 1 amide bonds. The van der Waals surface area contributed by atoms with Gasteiger partial charge in [0, 0.05) is 11.3 Å². The summed E-state index contributed by atoms with van der Waals surface area (Å²) < 4.78 is 0. The molecule has 1 saturated carbocycles. The molecule has 1 atom stereocenters. The van der Waals surface area contributed by atoms with E-state index >= 15 is 0 Å². The second-order valence-electron chi connectivity index (χ2n) is 6.23. The summed E-state index contributed by atoms with van der Waals surface area (Å²) in [5.41, 5.74) is 4.98. The van der Waals surface area contributed by atoms with Crippen LogP contribution in [-0.2, 0) is 4.79 Å². The molecule has 0 bridgehead atoms. The van der Waals surface area contributed by atoms with Crippen LogP contribution in [0.5, 0.6) is 0 Å². The maximum absolute atomic E-state index is 11.6. The zero-order valence-corrected chi connectivity index (χ0v) is 13.5. The van der Waals surface area contributed by atoms with Crippen molar-refractivity contribution in [2.24, 2.45) is 5.73 Å². The average Bonchev–Trinajstić information content (AvgIpc) is 2.35. The van der Waals surface area contributed by atoms with Crippen LogP contribution >= 0.6 is 11.8 Å². The van der Waals surface area contributed by atoms with Gasteiger partial charge in [-0.15, -0.1) is 0 Å². The molecule has 3 nitrogen and oxygen atoms in total. The Kier molecular flexibility index (Phi) is 7.22. The van der Waals surface area contributed by atoms with Gasteiger partial charge >= 0.3 is 0 Å². The Bertz CT molecular complexity index is 277. The van der Waals surface area contributed by atoms with Gasteiger partial charge in [0.15, 0.2) is 0 Å². The fourth-order valence-corrected chi connectivity index (χ4v) is 4.12. The first-order valence-electron chi connectivity index (χ1n) is 7.63. The number of nitrogens with two attached hydrogens (primary N) is 1. The highest BCUT2D eigenvalue weighted by Crippen LogP contribution is 2.29. The Morgan fingerprint density at radius 3 is 2.53 bits per heavy atom. The average molecular weight is 286 g/mol. The van der Waals surface area contributed by atoms with E-state index in [4.69, 9.17) is 5.73 Å². The van der Waals surface area contributed by atoms with E-state index in [9.17, 15) is 4.79 Å². The normalized spacial score (nSPS) is 20.4. The largest absolute Gasteiger partial charge is 0.368 e. The van der Waals surface area contributed by atoms with Crippen LogP contribution in [0.1, 0.15) is 65.7 Å². The highest BCUT2D eigenvalue weighted by Gasteiger charge is 2.30. The van der Waals surface area contributed by atoms with Gasteiger partial charge in [0.25, 0.3) is 0 Å². The van der Waals surface area contributed by atoms with Crippen molar-refractivity contribution in [3.05, 3.63) is 0 Å². The maximum Gasteiger partial charge on any atom is 0.237 e. The lowest BCUT2D eigenvalue weighted by atomic mass is 9.94. The van der Waals surface area contributed by atoms with Gasteiger partial charge in [0.1, 0.15) is 0 Å². The van der Waals surface area contributed by atoms with Crippen molar-refractivity contribution < 1.29 is 4.79 Å². The monoisotopic (exact) mass is 286 g/mol. The Hall–Kier alpha value is -0.220. The fourth-order valence-electron chi connectivity index (χ4n) is 2.81. The van der Waals surface area contributed by atoms with E-state index in [-0.39, 0.29) is 11.9 Å². The lowest BCUT2D eigenvalue weighted by molar-refractivity contribution is -0.124. The van der Waals surface area contributed by atoms with Gasteiger partial charge in [0.05, 0.1) is 5.54 Å². The molecule has 0 aromatic heterocycles. The van der Waals surface area contributed by atoms with E-state index < -0.39 is 5.54 Å². The molecular weight excluding hydrogens is 256 g/mol. The number of carbonyl (C=O) groups is 1. The molecule has 1 aliphatic rings. The van der Waals surface area contributed by atoms with E-state index in [1.807, 2.05) is 6.92 Å². The molecule has 1 unspecified atom stereocenters. The van der Waals surface area contributed by atoms with Gasteiger partial charge in [-0.05, 0) is 52.2 Å². The van der Waals surface area contributed by atoms with Crippen LogP contribution in [-0.4, -0.2) is 28.5 Å². The number of rotatable bonds is 8. The summed E-state index contributed by atoms with van der Waals surface area (Å²) >= 11 is 2.09. The van der Waals surface area contributed by atoms with E-state index in [2.05, 4.69) is 30.9 Å². The first kappa shape index (κ1) is 16.8. The summed E-state index contributed by atoms with van der Waals surface area (Å²) in [4.78, 5) is 11.6. The first-order valence-corrected chi connectivity index (χ1v) is 8.68. The minimum absolute atomic E-state index is 0.233. The molecule has 1 fully saturated rings. The Labute approximate surface area is 122 Å². The molecule has 0 heterocycles. The van der Waals surface area contributed by atoms with Crippen molar-refractivity contribution in [2.75, 3.05) is 5.75 Å². The summed E-state index contributed by atoms with van der Waals surface area (Å²) in [6, 6.07) is 0.281. The predicted octanol–water partition coefficient (Wildman–Crippen LogP) is 3.07. The predicted molar refractivity (Wildman–Crippen MR) is 84.4 cm³/mol. The zero-order chi connectivity index (χ0) is 14.3. The SMILES string of the molecule is CC(C)NC(C)(CCCSC1CCCCC1)C(N)=O. The van der Waals surface area contributed by atoms with E-state index in [0.29, 0.717) is 0 Å². The molecule has 3 N–H and O–H groups in total. The van der Waals surface area contributed by atoms with Crippen LogP contribution in [0.2, 0.25) is 0 Å². The van der Waals surface area contributed by atoms with Crippen molar-refractivity contribution in [2.45, 2.75) is 82.5 Å². The second kappa shape index (κ2) is 8.15. The van der Waals surface area contributed by atoms with Crippen LogP contribution in [0, 0.1) is 0 Å². The summed E-state index contributed by atoms with van der Waals surface area (Å²) in [7, 11) is 0. The number of primary amides is 1. The topological polar surface area (TPSA) is 55.1 Å². The minimum atomic E-state index is -0.554. The summed E-state index contributed by atoms with van der Waals surface area (Å²) in [6.07, 6.45) is 8.84. The summed E-state index contributed by atoms with van der Waals surface area (Å²) in [5.74, 6) is 0.914. The van der Waals surface area contributed by atoms with Crippen LogP contribution in [0.4, 0.5) is 0 Å². The van der Waals surface area contributed by atoms with Crippen molar-refractivity contribution in [1.29, 1.82) is 0 Å².